The van der Waals surface area contributed by atoms with Crippen LogP contribution in [0.1, 0.15) is 11.3 Å². The van der Waals surface area contributed by atoms with Crippen molar-refractivity contribution in [2.45, 2.75) is 19.4 Å². The van der Waals surface area contributed by atoms with Gasteiger partial charge >= 0.3 is 0 Å². The maximum Gasteiger partial charge on any atom is 0.170 e. The van der Waals surface area contributed by atoms with Crippen LogP contribution in [0.15, 0.2) is 34.9 Å². The molecule has 1 heterocycles. The number of nitrogens with zero attached hydrogens (tertiary/aromatic N) is 1. The second-order valence-corrected chi connectivity index (χ2v) is 4.09. The average molecular weight is 269 g/mol. The van der Waals surface area contributed by atoms with Gasteiger partial charge in [-0.3, -0.25) is 0 Å². The quantitative estimate of drug-likeness (QED) is 0.889. The number of hydrogen-bond donors (Lipinski definition) is 2. The van der Waals surface area contributed by atoms with Crippen LogP contribution in [0.4, 0.5) is 0 Å². The van der Waals surface area contributed by atoms with E-state index in [0.29, 0.717) is 6.42 Å². The van der Waals surface area contributed by atoms with E-state index >= 15 is 0 Å². The third kappa shape index (κ3) is 3.10. The predicted molar refractivity (Wildman–Crippen MR) is 72.7 cm³/mol. The molecule has 1 atom stereocenters. The Kier molecular flexibility index (Phi) is 5.34. The van der Waals surface area contributed by atoms with Crippen molar-refractivity contribution >= 4 is 12.4 Å². The van der Waals surface area contributed by atoms with Crippen LogP contribution in [-0.4, -0.2) is 22.9 Å². The number of aryl methyl sites for hydroxylation is 1. The summed E-state index contributed by atoms with van der Waals surface area (Å²) >= 11 is 0. The summed E-state index contributed by atoms with van der Waals surface area (Å²) in [5, 5.41) is 13.0. The summed E-state index contributed by atoms with van der Waals surface area (Å²) in [6.07, 6.45) is 0.566. The Morgan fingerprint density at radius 2 is 2.00 bits per heavy atom. The van der Waals surface area contributed by atoms with Crippen LogP contribution in [0, 0.1) is 6.92 Å². The van der Waals surface area contributed by atoms with Gasteiger partial charge in [0.25, 0.3) is 0 Å². The van der Waals surface area contributed by atoms with Gasteiger partial charge in [-0.25, -0.2) is 0 Å². The highest BCUT2D eigenvalue weighted by atomic mass is 35.5. The minimum atomic E-state index is -0.282. The summed E-state index contributed by atoms with van der Waals surface area (Å²) in [5.41, 5.74) is 8.54. The molecular weight excluding hydrogens is 252 g/mol. The number of nitrogens with two attached hydrogens (primary N) is 1. The van der Waals surface area contributed by atoms with Gasteiger partial charge in [-0.05, 0) is 13.3 Å². The molecule has 0 radical (unpaired) electrons. The molecule has 0 aliphatic carbocycles. The minimum Gasteiger partial charge on any atom is -0.395 e. The summed E-state index contributed by atoms with van der Waals surface area (Å²) in [5.74, 6) is 0.743. The molecule has 18 heavy (non-hydrogen) atoms. The first-order valence-electron chi connectivity index (χ1n) is 5.59. The van der Waals surface area contributed by atoms with Crippen molar-refractivity contribution < 1.29 is 9.63 Å². The molecule has 0 saturated carbocycles. The summed E-state index contributed by atoms with van der Waals surface area (Å²) in [6, 6.07) is 9.50. The number of rotatable bonds is 4. The second-order valence-electron chi connectivity index (χ2n) is 4.09. The maximum absolute atomic E-state index is 9.01. The zero-order valence-electron chi connectivity index (χ0n) is 10.2. The van der Waals surface area contributed by atoms with Gasteiger partial charge in [0.15, 0.2) is 5.76 Å². The Labute approximate surface area is 112 Å². The number of hydrogen-bond acceptors (Lipinski definition) is 4. The van der Waals surface area contributed by atoms with Crippen LogP contribution in [0.25, 0.3) is 11.3 Å². The first-order valence-corrected chi connectivity index (χ1v) is 5.59. The van der Waals surface area contributed by atoms with Crippen molar-refractivity contribution in [3.05, 3.63) is 41.6 Å². The van der Waals surface area contributed by atoms with E-state index in [1.807, 2.05) is 37.3 Å². The zero-order valence-corrected chi connectivity index (χ0v) is 11.0. The fourth-order valence-electron chi connectivity index (χ4n) is 1.77. The normalized spacial score (nSPS) is 11.9. The summed E-state index contributed by atoms with van der Waals surface area (Å²) < 4.78 is 5.34. The lowest BCUT2D eigenvalue weighted by atomic mass is 10.0. The Balaban J connectivity index is 0.00000162. The molecule has 5 heteroatoms. The van der Waals surface area contributed by atoms with E-state index < -0.39 is 0 Å². The van der Waals surface area contributed by atoms with Crippen LogP contribution < -0.4 is 5.73 Å². The topological polar surface area (TPSA) is 72.3 Å². The van der Waals surface area contributed by atoms with Gasteiger partial charge in [0.1, 0.15) is 0 Å². The van der Waals surface area contributed by atoms with Gasteiger partial charge in [-0.2, -0.15) is 0 Å². The Morgan fingerprint density at radius 3 is 2.61 bits per heavy atom. The number of aliphatic hydroxyl groups excluding tert-OH is 1. The van der Waals surface area contributed by atoms with Gasteiger partial charge in [0.05, 0.1) is 12.3 Å². The minimum absolute atomic E-state index is 0. The number of aliphatic hydroxyl groups is 1. The molecule has 0 fully saturated rings. The Hall–Kier alpha value is -1.36. The van der Waals surface area contributed by atoms with E-state index in [9.17, 15) is 0 Å². The molecule has 1 aromatic heterocycles. The largest absolute Gasteiger partial charge is 0.395 e. The highest BCUT2D eigenvalue weighted by Gasteiger charge is 2.16. The van der Waals surface area contributed by atoms with Gasteiger partial charge in [-0.1, -0.05) is 35.5 Å². The molecular formula is C13H17ClN2O2. The van der Waals surface area contributed by atoms with Crippen LogP contribution in [0.3, 0.4) is 0 Å². The van der Waals surface area contributed by atoms with Gasteiger partial charge in [0, 0.05) is 17.2 Å². The molecule has 0 aliphatic heterocycles. The molecule has 98 valence electrons. The molecule has 2 aromatic rings. The lowest BCUT2D eigenvalue weighted by Crippen LogP contribution is -2.27. The number of halogens is 1. The van der Waals surface area contributed by atoms with E-state index in [2.05, 4.69) is 5.16 Å². The van der Waals surface area contributed by atoms with Crippen LogP contribution in [0.2, 0.25) is 0 Å². The van der Waals surface area contributed by atoms with Gasteiger partial charge in [0.2, 0.25) is 0 Å². The lowest BCUT2D eigenvalue weighted by Gasteiger charge is -2.08. The molecule has 2 rings (SSSR count). The smallest absolute Gasteiger partial charge is 0.170 e. The maximum atomic E-state index is 9.01. The van der Waals surface area contributed by atoms with Gasteiger partial charge in [-0.15, -0.1) is 12.4 Å². The van der Waals surface area contributed by atoms with Crippen molar-refractivity contribution in [2.24, 2.45) is 5.73 Å². The van der Waals surface area contributed by atoms with E-state index in [-0.39, 0.29) is 25.1 Å². The Morgan fingerprint density at radius 1 is 1.33 bits per heavy atom. The van der Waals surface area contributed by atoms with Gasteiger partial charge < -0.3 is 15.4 Å². The van der Waals surface area contributed by atoms with Crippen molar-refractivity contribution in [1.82, 2.24) is 5.16 Å². The molecule has 0 saturated heterocycles. The second kappa shape index (κ2) is 6.54. The number of benzene rings is 1. The molecule has 0 aliphatic rings. The molecule has 4 nitrogen and oxygen atoms in total. The Bertz CT molecular complexity index is 485. The third-order valence-corrected chi connectivity index (χ3v) is 2.72. The fraction of sp³-hybridized carbons (Fsp3) is 0.308. The van der Waals surface area contributed by atoms with Crippen molar-refractivity contribution in [3.63, 3.8) is 0 Å². The standard InChI is InChI=1S/C13H16N2O2.ClH/c1-9-12(7-11(14)8-16)13(17-15-9)10-5-3-2-4-6-10;/h2-6,11,16H,7-8,14H2,1H3;1H. The molecule has 1 unspecified atom stereocenters. The highest BCUT2D eigenvalue weighted by Crippen LogP contribution is 2.26. The first-order chi connectivity index (χ1) is 8.22. The van der Waals surface area contributed by atoms with Crippen LogP contribution >= 0.6 is 12.4 Å². The highest BCUT2D eigenvalue weighted by molar-refractivity contribution is 5.85. The SMILES string of the molecule is Cc1noc(-c2ccccc2)c1CC(N)CO.Cl. The summed E-state index contributed by atoms with van der Waals surface area (Å²) in [6.45, 7) is 1.84. The zero-order chi connectivity index (χ0) is 12.3. The van der Waals surface area contributed by atoms with E-state index in [4.69, 9.17) is 15.4 Å². The predicted octanol–water partition coefficient (Wildman–Crippen LogP) is 1.93. The molecule has 0 amide bonds. The molecule has 1 aromatic carbocycles. The fourth-order valence-corrected chi connectivity index (χ4v) is 1.77. The van der Waals surface area contributed by atoms with E-state index in [0.717, 1.165) is 22.6 Å². The van der Waals surface area contributed by atoms with Crippen molar-refractivity contribution in [2.75, 3.05) is 6.61 Å². The van der Waals surface area contributed by atoms with E-state index in [1.165, 1.54) is 0 Å². The van der Waals surface area contributed by atoms with E-state index in [1.54, 1.807) is 0 Å². The third-order valence-electron chi connectivity index (χ3n) is 2.72. The van der Waals surface area contributed by atoms with Crippen molar-refractivity contribution in [3.8, 4) is 11.3 Å². The average Bonchev–Trinajstić information content (AvgIpc) is 2.72. The molecule has 3 N–H and O–H groups in total. The van der Waals surface area contributed by atoms with Crippen LogP contribution in [-0.2, 0) is 6.42 Å². The lowest BCUT2D eigenvalue weighted by molar-refractivity contribution is 0.265. The first kappa shape index (κ1) is 14.7. The van der Waals surface area contributed by atoms with Crippen molar-refractivity contribution in [1.29, 1.82) is 0 Å². The number of aromatic nitrogens is 1. The molecule has 0 bridgehead atoms. The molecule has 0 spiro atoms. The monoisotopic (exact) mass is 268 g/mol. The summed E-state index contributed by atoms with van der Waals surface area (Å²) in [7, 11) is 0. The van der Waals surface area contributed by atoms with Crippen LogP contribution in [0.5, 0.6) is 0 Å². The summed E-state index contributed by atoms with van der Waals surface area (Å²) in [4.78, 5) is 0.